The minimum atomic E-state index is -0.140. The van der Waals surface area contributed by atoms with Crippen molar-refractivity contribution in [3.63, 3.8) is 0 Å². The van der Waals surface area contributed by atoms with E-state index in [0.29, 0.717) is 12.8 Å². The van der Waals surface area contributed by atoms with E-state index in [1.165, 1.54) is 6.92 Å². The Morgan fingerprint density at radius 3 is 2.50 bits per heavy atom. The number of hydrogen-bond donors (Lipinski definition) is 0. The van der Waals surface area contributed by atoms with Crippen LogP contribution in [0.15, 0.2) is 24.3 Å². The molecule has 84 valence electrons. The van der Waals surface area contributed by atoms with E-state index in [0.717, 1.165) is 11.3 Å². The van der Waals surface area contributed by atoms with E-state index < -0.39 is 0 Å². The molecule has 0 spiro atoms. The molecule has 4 heteroatoms. The molecule has 1 aromatic rings. The molecule has 0 aromatic heterocycles. The number of rotatable bonds is 5. The molecule has 0 unspecified atom stereocenters. The summed E-state index contributed by atoms with van der Waals surface area (Å²) < 4.78 is 5.03. The first kappa shape index (κ1) is 12.1. The lowest BCUT2D eigenvalue weighted by molar-refractivity contribution is -0.117. The Kier molecular flexibility index (Phi) is 4.42. The number of methoxy groups -OCH3 is 1. The molecule has 1 rings (SSSR count). The Hall–Kier alpha value is -1.93. The van der Waals surface area contributed by atoms with E-state index in [9.17, 15) is 4.79 Å². The zero-order chi connectivity index (χ0) is 12.0. The fourth-order valence-electron chi connectivity index (χ4n) is 1.29. The molecule has 1 aromatic carbocycles. The van der Waals surface area contributed by atoms with Crippen molar-refractivity contribution in [3.8, 4) is 5.75 Å². The molecule has 4 nitrogen and oxygen atoms in total. The van der Waals surface area contributed by atoms with Crippen LogP contribution in [0.4, 0.5) is 0 Å². The zero-order valence-corrected chi connectivity index (χ0v) is 9.43. The summed E-state index contributed by atoms with van der Waals surface area (Å²) in [6.45, 7) is 1.50. The molecule has 0 aliphatic carbocycles. The van der Waals surface area contributed by atoms with Crippen LogP contribution in [0.5, 0.6) is 5.75 Å². The SMILES string of the molecule is COc1ccc(CCC(=O)C(C)=[N+]=[N-])cc1. The lowest BCUT2D eigenvalue weighted by atomic mass is 10.1. The van der Waals surface area contributed by atoms with Gasteiger partial charge in [0.1, 0.15) is 5.75 Å². The van der Waals surface area contributed by atoms with Crippen LogP contribution < -0.4 is 4.74 Å². The summed E-state index contributed by atoms with van der Waals surface area (Å²) in [5.41, 5.74) is 9.62. The topological polar surface area (TPSA) is 62.7 Å². The molecule has 0 bridgehead atoms. The van der Waals surface area contributed by atoms with Gasteiger partial charge in [0.05, 0.1) is 7.11 Å². The average Bonchev–Trinajstić information content (AvgIpc) is 2.35. The minimum Gasteiger partial charge on any atom is -0.497 e. The van der Waals surface area contributed by atoms with Crippen molar-refractivity contribution in [2.45, 2.75) is 19.8 Å². The van der Waals surface area contributed by atoms with E-state index >= 15 is 0 Å². The van der Waals surface area contributed by atoms with Crippen LogP contribution in [-0.2, 0) is 11.2 Å². The van der Waals surface area contributed by atoms with Crippen molar-refractivity contribution < 1.29 is 14.3 Å². The number of carbonyl (C=O) groups is 1. The third kappa shape index (κ3) is 3.33. The summed E-state index contributed by atoms with van der Waals surface area (Å²) in [5.74, 6) is 0.654. The van der Waals surface area contributed by atoms with Gasteiger partial charge in [-0.15, -0.1) is 0 Å². The highest BCUT2D eigenvalue weighted by Gasteiger charge is 2.12. The van der Waals surface area contributed by atoms with Gasteiger partial charge >= 0.3 is 5.71 Å². The monoisotopic (exact) mass is 218 g/mol. The van der Waals surface area contributed by atoms with E-state index in [4.69, 9.17) is 10.3 Å². The summed E-state index contributed by atoms with van der Waals surface area (Å²) in [6, 6.07) is 7.54. The van der Waals surface area contributed by atoms with Gasteiger partial charge in [0.15, 0.2) is 0 Å². The minimum absolute atomic E-state index is 0.140. The summed E-state index contributed by atoms with van der Waals surface area (Å²) in [5, 5.41) is 0. The van der Waals surface area contributed by atoms with Gasteiger partial charge in [0.25, 0.3) is 0 Å². The predicted molar refractivity (Wildman–Crippen MR) is 60.6 cm³/mol. The molecule has 0 saturated carbocycles. The summed E-state index contributed by atoms with van der Waals surface area (Å²) >= 11 is 0. The number of aryl methyl sites for hydroxylation is 1. The average molecular weight is 218 g/mol. The molecule has 0 N–H and O–H groups in total. The van der Waals surface area contributed by atoms with Crippen LogP contribution in [0.1, 0.15) is 18.9 Å². The molecule has 0 aliphatic rings. The van der Waals surface area contributed by atoms with Gasteiger partial charge in [-0.05, 0) is 24.1 Å². The van der Waals surface area contributed by atoms with Gasteiger partial charge in [-0.1, -0.05) is 12.1 Å². The summed E-state index contributed by atoms with van der Waals surface area (Å²) in [4.78, 5) is 14.2. The Morgan fingerprint density at radius 1 is 1.38 bits per heavy atom. The second kappa shape index (κ2) is 5.83. The summed E-state index contributed by atoms with van der Waals surface area (Å²) in [6.07, 6.45) is 0.984. The first-order valence-corrected chi connectivity index (χ1v) is 5.02. The number of ketones is 1. The normalized spacial score (nSPS) is 9.38. The highest BCUT2D eigenvalue weighted by molar-refractivity contribution is 6.36. The maximum absolute atomic E-state index is 11.4. The van der Waals surface area contributed by atoms with Crippen molar-refractivity contribution in [3.05, 3.63) is 35.4 Å². The van der Waals surface area contributed by atoms with Gasteiger partial charge in [0, 0.05) is 13.3 Å². The Morgan fingerprint density at radius 2 is 2.00 bits per heavy atom. The van der Waals surface area contributed by atoms with E-state index in [1.807, 2.05) is 24.3 Å². The highest BCUT2D eigenvalue weighted by Crippen LogP contribution is 2.12. The van der Waals surface area contributed by atoms with Crippen molar-refractivity contribution in [2.75, 3.05) is 7.11 Å². The largest absolute Gasteiger partial charge is 0.497 e. The smallest absolute Gasteiger partial charge is 0.331 e. The first-order chi connectivity index (χ1) is 7.67. The molecule has 0 fully saturated rings. The number of Topliss-reactive ketones (excluding diaryl/α,β-unsaturated/α-hetero) is 1. The van der Waals surface area contributed by atoms with E-state index in [1.54, 1.807) is 7.11 Å². The molecule has 0 aliphatic heterocycles. The van der Waals surface area contributed by atoms with Crippen molar-refractivity contribution in [2.24, 2.45) is 0 Å². The predicted octanol–water partition coefficient (Wildman–Crippen LogP) is 1.89. The molecule has 0 heterocycles. The van der Waals surface area contributed by atoms with Crippen LogP contribution in [0.25, 0.3) is 5.53 Å². The fraction of sp³-hybridized carbons (Fsp3) is 0.333. The van der Waals surface area contributed by atoms with Gasteiger partial charge in [-0.25, -0.2) is 0 Å². The third-order valence-electron chi connectivity index (χ3n) is 2.35. The number of nitrogens with zero attached hydrogens (tertiary/aromatic N) is 2. The Bertz CT molecular complexity index is 417. The van der Waals surface area contributed by atoms with E-state index in [-0.39, 0.29) is 11.5 Å². The van der Waals surface area contributed by atoms with Gasteiger partial charge < -0.3 is 10.3 Å². The Labute approximate surface area is 94.5 Å². The molecule has 0 amide bonds. The van der Waals surface area contributed by atoms with Gasteiger partial charge in [-0.2, -0.15) is 4.79 Å². The molecule has 16 heavy (non-hydrogen) atoms. The van der Waals surface area contributed by atoms with Crippen LogP contribution >= 0.6 is 0 Å². The number of carbonyl (C=O) groups excluding carboxylic acids is 1. The number of ether oxygens (including phenoxy) is 1. The second-order valence-electron chi connectivity index (χ2n) is 3.46. The van der Waals surface area contributed by atoms with Crippen LogP contribution in [-0.4, -0.2) is 23.4 Å². The third-order valence-corrected chi connectivity index (χ3v) is 2.35. The maximum Gasteiger partial charge on any atom is 0.331 e. The van der Waals surface area contributed by atoms with Crippen molar-refractivity contribution in [1.29, 1.82) is 0 Å². The van der Waals surface area contributed by atoms with Crippen molar-refractivity contribution >= 4 is 11.5 Å². The number of hydrogen-bond acceptors (Lipinski definition) is 2. The lowest BCUT2D eigenvalue weighted by Gasteiger charge is -2.01. The van der Waals surface area contributed by atoms with Gasteiger partial charge in [-0.3, -0.25) is 4.79 Å². The molecular weight excluding hydrogens is 204 g/mol. The van der Waals surface area contributed by atoms with Gasteiger partial charge in [0.2, 0.25) is 5.78 Å². The van der Waals surface area contributed by atoms with E-state index in [2.05, 4.69) is 4.79 Å². The molecule has 0 radical (unpaired) electrons. The Balaban J connectivity index is 2.55. The van der Waals surface area contributed by atoms with Crippen LogP contribution in [0.3, 0.4) is 0 Å². The quantitative estimate of drug-likeness (QED) is 0.430. The molecule has 0 atom stereocenters. The number of benzene rings is 1. The highest BCUT2D eigenvalue weighted by atomic mass is 16.5. The second-order valence-corrected chi connectivity index (χ2v) is 3.46. The maximum atomic E-state index is 11.4. The molecule has 0 saturated heterocycles. The lowest BCUT2D eigenvalue weighted by Crippen LogP contribution is -2.11. The first-order valence-electron chi connectivity index (χ1n) is 5.02. The fourth-order valence-corrected chi connectivity index (χ4v) is 1.29. The van der Waals surface area contributed by atoms with Crippen LogP contribution in [0, 0.1) is 0 Å². The zero-order valence-electron chi connectivity index (χ0n) is 9.43. The standard InChI is InChI=1S/C12H14N2O2/c1-9(14-13)12(15)8-5-10-3-6-11(16-2)7-4-10/h3-4,6-7H,5,8H2,1-2H3. The summed E-state index contributed by atoms with van der Waals surface area (Å²) in [7, 11) is 1.61. The van der Waals surface area contributed by atoms with Crippen LogP contribution in [0.2, 0.25) is 0 Å². The van der Waals surface area contributed by atoms with Crippen molar-refractivity contribution in [1.82, 2.24) is 0 Å². The molecular formula is C12H14N2O2.